The number of thiol groups is 1. The highest BCUT2D eigenvalue weighted by molar-refractivity contribution is 7.91. The first-order chi connectivity index (χ1) is 20.3. The Morgan fingerprint density at radius 1 is 0.795 bits per heavy atom. The molecule has 0 amide bonds. The lowest BCUT2D eigenvalue weighted by Crippen LogP contribution is -2.13. The van der Waals surface area contributed by atoms with Crippen LogP contribution in [-0.4, -0.2) is 66.2 Å². The van der Waals surface area contributed by atoms with Crippen LogP contribution >= 0.6 is 0 Å². The molecule has 0 saturated carbocycles. The minimum atomic E-state index is -5.17. The second-order valence-electron chi connectivity index (χ2n) is 8.28. The average molecular weight is 693 g/mol. The summed E-state index contributed by atoms with van der Waals surface area (Å²) in [6, 6.07) is 7.89. The number of aromatic carboxylic acids is 1. The highest BCUT2D eigenvalue weighted by atomic mass is 32.2. The number of nitrogens with zero attached hydrogens (tertiary/aromatic N) is 4. The van der Waals surface area contributed by atoms with Crippen molar-refractivity contribution in [1.29, 1.82) is 0 Å². The van der Waals surface area contributed by atoms with Crippen LogP contribution in [0.3, 0.4) is 0 Å². The van der Waals surface area contributed by atoms with Crippen molar-refractivity contribution >= 4 is 81.2 Å². The fourth-order valence-electron chi connectivity index (χ4n) is 3.30. The van der Waals surface area contributed by atoms with E-state index in [0.717, 1.165) is 18.2 Å². The summed E-state index contributed by atoms with van der Waals surface area (Å²) < 4.78 is 117. The van der Waals surface area contributed by atoms with Crippen LogP contribution in [0.15, 0.2) is 83.7 Å². The van der Waals surface area contributed by atoms with Gasteiger partial charge in [0, 0.05) is 0 Å². The van der Waals surface area contributed by atoms with Crippen LogP contribution in [0.4, 0.5) is 34.1 Å². The monoisotopic (exact) mass is 692 g/mol. The third-order valence-corrected chi connectivity index (χ3v) is 9.18. The molecular formula is C21H20N6O13S4. The summed E-state index contributed by atoms with van der Waals surface area (Å²) in [6.45, 7) is -0.777. The van der Waals surface area contributed by atoms with Gasteiger partial charge in [-0.3, -0.25) is 13.3 Å². The van der Waals surface area contributed by atoms with Gasteiger partial charge in [0.15, 0.2) is 9.84 Å². The number of rotatable bonds is 12. The van der Waals surface area contributed by atoms with E-state index in [2.05, 4.69) is 24.6 Å². The van der Waals surface area contributed by atoms with Crippen molar-refractivity contribution in [3.05, 3.63) is 54.1 Å². The van der Waals surface area contributed by atoms with Gasteiger partial charge >= 0.3 is 5.97 Å². The van der Waals surface area contributed by atoms with E-state index in [1.807, 2.05) is 0 Å². The zero-order chi connectivity index (χ0) is 33.0. The number of hydrogen-bond donors (Lipinski definition) is 6. The van der Waals surface area contributed by atoms with E-state index in [1.165, 1.54) is 18.2 Å². The maximum absolute atomic E-state index is 12.5. The molecular weight excluding hydrogens is 673 g/mol. The Labute approximate surface area is 250 Å². The van der Waals surface area contributed by atoms with Crippen molar-refractivity contribution in [3.8, 4) is 0 Å². The van der Waals surface area contributed by atoms with E-state index >= 15 is 0 Å². The molecule has 236 valence electrons. The van der Waals surface area contributed by atoms with E-state index in [0.29, 0.717) is 12.1 Å². The van der Waals surface area contributed by atoms with E-state index < -0.39 is 103 Å². The molecule has 0 aliphatic rings. The first kappa shape index (κ1) is 34.1. The normalized spacial score (nSPS) is 12.8. The summed E-state index contributed by atoms with van der Waals surface area (Å²) in [6.07, 6.45) is 0. The molecule has 0 aliphatic carbocycles. The Balaban J connectivity index is 2.13. The van der Waals surface area contributed by atoms with Crippen molar-refractivity contribution < 1.29 is 56.9 Å². The number of benzene rings is 3. The Hall–Kier alpha value is -4.39. The standard InChI is InChI=1S/C21H20N6O13S4/c22-18-15(10-17(44(37,38)39)19(23)20(18)27-24-12-3-1-2-11(8-12)21(28)29)26-25-14-5-4-13(9-16(14)43(34,35)36)42(32,33)7-6-40-41(30)31/h1-5,8-10,41H,6-7,22-23H2,(H,28,29)(H,34,35,36)(H,37,38,39)/b26-25+,27-24+. The molecule has 0 saturated heterocycles. The van der Waals surface area contributed by atoms with Crippen molar-refractivity contribution in [2.75, 3.05) is 23.8 Å². The topological polar surface area (TPSA) is 325 Å². The SMILES string of the molecule is Nc1c(/N=N/c2ccc(S(=O)(=O)CCO[SH](=O)=O)cc2S(=O)(=O)O)cc(S(=O)(=O)O)c(N)c1/N=N/c1cccc(C(=O)O)c1. The van der Waals surface area contributed by atoms with Crippen LogP contribution < -0.4 is 11.5 Å². The zero-order valence-corrected chi connectivity index (χ0v) is 24.9. The summed E-state index contributed by atoms with van der Waals surface area (Å²) in [7, 11) is -17.9. The van der Waals surface area contributed by atoms with Gasteiger partial charge in [-0.1, -0.05) is 6.07 Å². The van der Waals surface area contributed by atoms with Gasteiger partial charge in [0.05, 0.1) is 39.9 Å². The van der Waals surface area contributed by atoms with Crippen LogP contribution in [0.25, 0.3) is 0 Å². The second-order valence-corrected chi connectivity index (χ2v) is 13.9. The molecule has 0 heterocycles. The predicted molar refractivity (Wildman–Crippen MR) is 151 cm³/mol. The molecule has 3 aromatic rings. The number of carboxylic acids is 1. The fourth-order valence-corrected chi connectivity index (χ4v) is 6.13. The molecule has 0 aliphatic heterocycles. The lowest BCUT2D eigenvalue weighted by Gasteiger charge is -2.11. The number of nitrogens with two attached hydrogens (primary N) is 2. The van der Waals surface area contributed by atoms with Gasteiger partial charge in [0.1, 0.15) is 26.9 Å². The fraction of sp³-hybridized carbons (Fsp3) is 0.0952. The zero-order valence-electron chi connectivity index (χ0n) is 21.6. The van der Waals surface area contributed by atoms with Gasteiger partial charge in [-0.2, -0.15) is 21.9 Å². The molecule has 23 heteroatoms. The van der Waals surface area contributed by atoms with Crippen LogP contribution in [0.2, 0.25) is 0 Å². The van der Waals surface area contributed by atoms with Gasteiger partial charge in [-0.15, -0.1) is 15.3 Å². The van der Waals surface area contributed by atoms with Crippen molar-refractivity contribution in [2.24, 2.45) is 20.5 Å². The van der Waals surface area contributed by atoms with Gasteiger partial charge < -0.3 is 16.6 Å². The van der Waals surface area contributed by atoms with Gasteiger partial charge in [0.2, 0.25) is 0 Å². The number of hydrogen-bond acceptors (Lipinski definition) is 16. The van der Waals surface area contributed by atoms with Crippen LogP contribution in [0.5, 0.6) is 0 Å². The van der Waals surface area contributed by atoms with Crippen molar-refractivity contribution in [1.82, 2.24) is 0 Å². The first-order valence-electron chi connectivity index (χ1n) is 11.3. The number of carboxylic acid groups (broad SMARTS) is 1. The number of sulfone groups is 1. The van der Waals surface area contributed by atoms with Gasteiger partial charge in [0.25, 0.3) is 31.2 Å². The number of carbonyl (C=O) groups is 1. The van der Waals surface area contributed by atoms with Gasteiger partial charge in [-0.25, -0.2) is 21.6 Å². The summed E-state index contributed by atoms with van der Waals surface area (Å²) in [5.41, 5.74) is 8.67. The number of azo groups is 2. The predicted octanol–water partition coefficient (Wildman–Crippen LogP) is 2.19. The molecule has 44 heavy (non-hydrogen) atoms. The molecule has 19 nitrogen and oxygen atoms in total. The quantitative estimate of drug-likeness (QED) is 0.0685. The summed E-state index contributed by atoms with van der Waals surface area (Å²) >= 11 is 0. The van der Waals surface area contributed by atoms with E-state index in [-0.39, 0.29) is 11.3 Å². The third kappa shape index (κ3) is 8.37. The Kier molecular flexibility index (Phi) is 10.1. The molecule has 0 spiro atoms. The third-order valence-electron chi connectivity index (χ3n) is 5.34. The Morgan fingerprint density at radius 3 is 2.02 bits per heavy atom. The van der Waals surface area contributed by atoms with E-state index in [1.54, 1.807) is 0 Å². The molecule has 3 rings (SSSR count). The lowest BCUT2D eigenvalue weighted by atomic mass is 10.2. The maximum Gasteiger partial charge on any atom is 0.335 e. The molecule has 7 N–H and O–H groups in total. The largest absolute Gasteiger partial charge is 0.478 e. The Morgan fingerprint density at radius 2 is 1.43 bits per heavy atom. The highest BCUT2D eigenvalue weighted by Crippen LogP contribution is 2.43. The second kappa shape index (κ2) is 13.1. The average Bonchev–Trinajstić information content (AvgIpc) is 2.91. The lowest BCUT2D eigenvalue weighted by molar-refractivity contribution is 0.0696. The molecule has 0 fully saturated rings. The van der Waals surface area contributed by atoms with Crippen molar-refractivity contribution in [3.63, 3.8) is 0 Å². The smallest absolute Gasteiger partial charge is 0.335 e. The molecule has 0 atom stereocenters. The summed E-state index contributed by atoms with van der Waals surface area (Å²) in [4.78, 5) is 8.51. The minimum Gasteiger partial charge on any atom is -0.478 e. The number of nitrogen functional groups attached to an aromatic ring is 2. The highest BCUT2D eigenvalue weighted by Gasteiger charge is 2.24. The molecule has 0 radical (unpaired) electrons. The summed E-state index contributed by atoms with van der Waals surface area (Å²) in [5, 5.41) is 23.9. The van der Waals surface area contributed by atoms with Crippen LogP contribution in [0, 0.1) is 0 Å². The van der Waals surface area contributed by atoms with E-state index in [9.17, 15) is 47.6 Å². The number of anilines is 2. The molecule has 0 bridgehead atoms. The summed E-state index contributed by atoms with van der Waals surface area (Å²) in [5.74, 6) is -2.15. The molecule has 0 unspecified atom stereocenters. The van der Waals surface area contributed by atoms with Crippen LogP contribution in [0.1, 0.15) is 10.4 Å². The molecule has 3 aromatic carbocycles. The van der Waals surface area contributed by atoms with Crippen LogP contribution in [-0.2, 0) is 45.2 Å². The Bertz CT molecular complexity index is 2100. The molecule has 0 aromatic heterocycles. The first-order valence-corrected chi connectivity index (χ1v) is 16.9. The van der Waals surface area contributed by atoms with E-state index in [4.69, 9.17) is 16.6 Å². The van der Waals surface area contributed by atoms with Crippen molar-refractivity contribution in [2.45, 2.75) is 14.7 Å². The minimum absolute atomic E-state index is 0.0228. The maximum atomic E-state index is 12.5. The van der Waals surface area contributed by atoms with Gasteiger partial charge in [-0.05, 0) is 42.5 Å².